The van der Waals surface area contributed by atoms with E-state index in [0.717, 1.165) is 31.6 Å². The Balaban J connectivity index is 1.35. The van der Waals surface area contributed by atoms with Crippen molar-refractivity contribution in [3.63, 3.8) is 0 Å². The van der Waals surface area contributed by atoms with E-state index in [2.05, 4.69) is 41.4 Å². The third-order valence-electron chi connectivity index (χ3n) is 5.37. The standard InChI is InChI=1S/C22H25N3O2/c1-16-4-2-3-5-20(16)24-12-14-25(15-13-24)22(27)18-8-10-19(11-9-18)23-21(26)17-6-7-17/h2-5,8-11,17H,6-7,12-15H2,1H3,(H,23,26). The average Bonchev–Trinajstić information content (AvgIpc) is 3.54. The van der Waals surface area contributed by atoms with Crippen LogP contribution in [0.5, 0.6) is 0 Å². The number of amides is 2. The molecule has 1 N–H and O–H groups in total. The van der Waals surface area contributed by atoms with E-state index in [-0.39, 0.29) is 17.7 Å². The number of aryl methyl sites for hydroxylation is 1. The molecular weight excluding hydrogens is 338 g/mol. The Labute approximate surface area is 160 Å². The van der Waals surface area contributed by atoms with Crippen LogP contribution in [-0.2, 0) is 4.79 Å². The van der Waals surface area contributed by atoms with Gasteiger partial charge in [-0.1, -0.05) is 18.2 Å². The summed E-state index contributed by atoms with van der Waals surface area (Å²) in [5.41, 5.74) is 3.94. The second-order valence-corrected chi connectivity index (χ2v) is 7.41. The summed E-state index contributed by atoms with van der Waals surface area (Å²) in [6, 6.07) is 15.6. The zero-order valence-electron chi connectivity index (χ0n) is 15.6. The molecule has 27 heavy (non-hydrogen) atoms. The first-order valence-electron chi connectivity index (χ1n) is 9.62. The summed E-state index contributed by atoms with van der Waals surface area (Å²) >= 11 is 0. The van der Waals surface area contributed by atoms with E-state index < -0.39 is 0 Å². The van der Waals surface area contributed by atoms with Crippen LogP contribution in [0, 0.1) is 12.8 Å². The first-order chi connectivity index (χ1) is 13.1. The van der Waals surface area contributed by atoms with Crippen molar-refractivity contribution in [1.29, 1.82) is 0 Å². The van der Waals surface area contributed by atoms with Crippen LogP contribution in [-0.4, -0.2) is 42.9 Å². The summed E-state index contributed by atoms with van der Waals surface area (Å²) in [5, 5.41) is 2.91. The summed E-state index contributed by atoms with van der Waals surface area (Å²) in [6.45, 7) is 5.23. The Bertz CT molecular complexity index is 835. The van der Waals surface area contributed by atoms with Gasteiger partial charge in [-0.25, -0.2) is 0 Å². The monoisotopic (exact) mass is 363 g/mol. The maximum Gasteiger partial charge on any atom is 0.253 e. The lowest BCUT2D eigenvalue weighted by molar-refractivity contribution is -0.117. The number of hydrogen-bond donors (Lipinski definition) is 1. The van der Waals surface area contributed by atoms with Crippen LogP contribution in [0.4, 0.5) is 11.4 Å². The number of nitrogens with one attached hydrogen (secondary N) is 1. The Morgan fingerprint density at radius 2 is 1.59 bits per heavy atom. The molecule has 2 amide bonds. The van der Waals surface area contributed by atoms with Crippen LogP contribution >= 0.6 is 0 Å². The third kappa shape index (κ3) is 3.97. The van der Waals surface area contributed by atoms with Gasteiger partial charge in [0.25, 0.3) is 5.91 Å². The Kier molecular flexibility index (Phi) is 4.84. The van der Waals surface area contributed by atoms with E-state index in [0.29, 0.717) is 18.7 Å². The number of nitrogens with zero attached hydrogens (tertiary/aromatic N) is 2. The molecule has 0 unspecified atom stereocenters. The highest BCUT2D eigenvalue weighted by Gasteiger charge is 2.29. The van der Waals surface area contributed by atoms with E-state index in [9.17, 15) is 9.59 Å². The lowest BCUT2D eigenvalue weighted by Gasteiger charge is -2.36. The molecule has 1 saturated heterocycles. The molecule has 0 radical (unpaired) electrons. The van der Waals surface area contributed by atoms with E-state index in [1.807, 2.05) is 17.0 Å². The lowest BCUT2D eigenvalue weighted by Crippen LogP contribution is -2.49. The summed E-state index contributed by atoms with van der Waals surface area (Å²) in [6.07, 6.45) is 1.97. The number of carbonyl (C=O) groups is 2. The van der Waals surface area contributed by atoms with E-state index in [1.165, 1.54) is 11.3 Å². The molecule has 1 aliphatic heterocycles. The molecule has 4 rings (SSSR count). The van der Waals surface area contributed by atoms with Crippen molar-refractivity contribution in [2.45, 2.75) is 19.8 Å². The van der Waals surface area contributed by atoms with Gasteiger partial charge in [-0.3, -0.25) is 9.59 Å². The predicted molar refractivity (Wildman–Crippen MR) is 107 cm³/mol. The van der Waals surface area contributed by atoms with Gasteiger partial charge in [0.2, 0.25) is 5.91 Å². The number of piperazine rings is 1. The van der Waals surface area contributed by atoms with Gasteiger partial charge in [-0.2, -0.15) is 0 Å². The average molecular weight is 363 g/mol. The van der Waals surface area contributed by atoms with Crippen molar-refractivity contribution in [3.8, 4) is 0 Å². The molecule has 140 valence electrons. The quantitative estimate of drug-likeness (QED) is 0.907. The largest absolute Gasteiger partial charge is 0.368 e. The van der Waals surface area contributed by atoms with Crippen molar-refractivity contribution in [1.82, 2.24) is 4.90 Å². The fourth-order valence-electron chi connectivity index (χ4n) is 3.54. The minimum atomic E-state index is 0.0551. The fraction of sp³-hybridized carbons (Fsp3) is 0.364. The molecule has 5 nitrogen and oxygen atoms in total. The highest BCUT2D eigenvalue weighted by Crippen LogP contribution is 2.30. The van der Waals surface area contributed by atoms with Crippen LogP contribution in [0.15, 0.2) is 48.5 Å². The maximum atomic E-state index is 12.8. The molecule has 2 aromatic rings. The zero-order valence-corrected chi connectivity index (χ0v) is 15.6. The summed E-state index contributed by atoms with van der Waals surface area (Å²) in [7, 11) is 0. The molecule has 5 heteroatoms. The number of anilines is 2. The van der Waals surface area contributed by atoms with Crippen LogP contribution in [0.1, 0.15) is 28.8 Å². The third-order valence-corrected chi connectivity index (χ3v) is 5.37. The molecule has 1 heterocycles. The first-order valence-corrected chi connectivity index (χ1v) is 9.62. The molecular formula is C22H25N3O2. The molecule has 0 atom stereocenters. The van der Waals surface area contributed by atoms with Gasteiger partial charge in [0, 0.05) is 49.0 Å². The molecule has 1 saturated carbocycles. The van der Waals surface area contributed by atoms with Crippen LogP contribution < -0.4 is 10.2 Å². The molecule has 2 aromatic carbocycles. The van der Waals surface area contributed by atoms with E-state index in [4.69, 9.17) is 0 Å². The minimum Gasteiger partial charge on any atom is -0.368 e. The summed E-state index contributed by atoms with van der Waals surface area (Å²) < 4.78 is 0. The van der Waals surface area contributed by atoms with Crippen molar-refractivity contribution in [2.24, 2.45) is 5.92 Å². The Morgan fingerprint density at radius 1 is 0.926 bits per heavy atom. The van der Waals surface area contributed by atoms with Gasteiger partial charge in [0.15, 0.2) is 0 Å². The molecule has 1 aliphatic carbocycles. The van der Waals surface area contributed by atoms with E-state index >= 15 is 0 Å². The SMILES string of the molecule is Cc1ccccc1N1CCN(C(=O)c2ccc(NC(=O)C3CC3)cc2)CC1. The normalized spacial score (nSPS) is 16.9. The van der Waals surface area contributed by atoms with Crippen molar-refractivity contribution < 1.29 is 9.59 Å². The maximum absolute atomic E-state index is 12.8. The van der Waals surface area contributed by atoms with Gasteiger partial charge in [0.1, 0.15) is 0 Å². The molecule has 2 aliphatic rings. The van der Waals surface area contributed by atoms with Gasteiger partial charge in [-0.15, -0.1) is 0 Å². The van der Waals surface area contributed by atoms with Crippen LogP contribution in [0.2, 0.25) is 0 Å². The second kappa shape index (κ2) is 7.43. The highest BCUT2D eigenvalue weighted by molar-refractivity contribution is 5.97. The van der Waals surface area contributed by atoms with Gasteiger partial charge in [0.05, 0.1) is 0 Å². The first kappa shape index (κ1) is 17.6. The van der Waals surface area contributed by atoms with Gasteiger partial charge >= 0.3 is 0 Å². The highest BCUT2D eigenvalue weighted by atomic mass is 16.2. The molecule has 2 fully saturated rings. The van der Waals surface area contributed by atoms with Crippen molar-refractivity contribution >= 4 is 23.2 Å². The number of para-hydroxylation sites is 1. The van der Waals surface area contributed by atoms with Crippen molar-refractivity contribution in [3.05, 3.63) is 59.7 Å². The number of hydrogen-bond acceptors (Lipinski definition) is 3. The Morgan fingerprint density at radius 3 is 2.22 bits per heavy atom. The minimum absolute atomic E-state index is 0.0551. The number of benzene rings is 2. The Hall–Kier alpha value is -2.82. The van der Waals surface area contributed by atoms with E-state index in [1.54, 1.807) is 12.1 Å². The predicted octanol–water partition coefficient (Wildman–Crippen LogP) is 3.31. The van der Waals surface area contributed by atoms with Crippen LogP contribution in [0.3, 0.4) is 0 Å². The molecule has 0 bridgehead atoms. The fourth-order valence-corrected chi connectivity index (χ4v) is 3.54. The summed E-state index contributed by atoms with van der Waals surface area (Å²) in [4.78, 5) is 28.9. The van der Waals surface area contributed by atoms with Crippen molar-refractivity contribution in [2.75, 3.05) is 36.4 Å². The smallest absolute Gasteiger partial charge is 0.253 e. The number of carbonyl (C=O) groups excluding carboxylic acids is 2. The number of rotatable bonds is 4. The molecule has 0 spiro atoms. The van der Waals surface area contributed by atoms with Gasteiger partial charge in [-0.05, 0) is 55.7 Å². The van der Waals surface area contributed by atoms with Crippen LogP contribution in [0.25, 0.3) is 0 Å². The lowest BCUT2D eigenvalue weighted by atomic mass is 10.1. The zero-order chi connectivity index (χ0) is 18.8. The van der Waals surface area contributed by atoms with Gasteiger partial charge < -0.3 is 15.1 Å². The second-order valence-electron chi connectivity index (χ2n) is 7.41. The molecule has 0 aromatic heterocycles. The topological polar surface area (TPSA) is 52.6 Å². The summed E-state index contributed by atoms with van der Waals surface area (Å²) in [5.74, 6) is 0.316.